The number of hydrogen-bond donors (Lipinski definition) is 2. The molecule has 3 unspecified atom stereocenters. The smallest absolute Gasteiger partial charge is 0.323 e. The van der Waals surface area contributed by atoms with Crippen LogP contribution in [0, 0.1) is 11.8 Å². The molecule has 2 bridgehead atoms. The highest BCUT2D eigenvalue weighted by atomic mass is 16.4. The lowest BCUT2D eigenvalue weighted by molar-refractivity contribution is -0.138. The predicted octanol–water partition coefficient (Wildman–Crippen LogP) is 2.21. The van der Waals surface area contributed by atoms with Crippen molar-refractivity contribution < 1.29 is 14.7 Å². The van der Waals surface area contributed by atoms with Crippen molar-refractivity contribution in [3.05, 3.63) is 0 Å². The first kappa shape index (κ1) is 13.7. The van der Waals surface area contributed by atoms with E-state index in [4.69, 9.17) is 5.11 Å². The fraction of sp³-hybridized carbons (Fsp3) is 0.867. The van der Waals surface area contributed by atoms with Crippen molar-refractivity contribution in [2.45, 2.75) is 63.5 Å². The van der Waals surface area contributed by atoms with E-state index in [1.165, 1.54) is 19.3 Å². The monoisotopic (exact) mass is 280 g/mol. The summed E-state index contributed by atoms with van der Waals surface area (Å²) in [6, 6.07) is 0.237. The van der Waals surface area contributed by atoms with Crippen molar-refractivity contribution in [1.29, 1.82) is 0 Å². The zero-order valence-electron chi connectivity index (χ0n) is 11.9. The first-order valence-corrected chi connectivity index (χ1v) is 7.92. The Morgan fingerprint density at radius 1 is 1.10 bits per heavy atom. The van der Waals surface area contributed by atoms with Gasteiger partial charge in [-0.25, -0.2) is 4.79 Å². The standard InChI is InChI=1S/C15H24N2O3/c18-14(19)9-17(12-3-1-2-4-12)15(20)16-13-8-10-5-6-11(13)7-10/h10-13H,1-9H2,(H,16,20)(H,18,19). The van der Waals surface area contributed by atoms with E-state index in [0.717, 1.165) is 38.0 Å². The van der Waals surface area contributed by atoms with E-state index in [0.29, 0.717) is 5.92 Å². The number of rotatable bonds is 4. The Hall–Kier alpha value is -1.26. The Balaban J connectivity index is 1.60. The maximum Gasteiger partial charge on any atom is 0.323 e. The molecule has 3 aliphatic carbocycles. The summed E-state index contributed by atoms with van der Waals surface area (Å²) in [7, 11) is 0. The topological polar surface area (TPSA) is 69.6 Å². The van der Waals surface area contributed by atoms with Crippen LogP contribution >= 0.6 is 0 Å². The van der Waals surface area contributed by atoms with E-state index in [9.17, 15) is 9.59 Å². The summed E-state index contributed by atoms with van der Waals surface area (Å²) in [6.45, 7) is -0.169. The summed E-state index contributed by atoms with van der Waals surface area (Å²) in [5, 5.41) is 12.2. The van der Waals surface area contributed by atoms with Gasteiger partial charge in [-0.2, -0.15) is 0 Å². The van der Waals surface area contributed by atoms with Crippen LogP contribution in [-0.2, 0) is 4.79 Å². The van der Waals surface area contributed by atoms with Gasteiger partial charge in [0.1, 0.15) is 6.54 Å². The molecule has 0 aromatic carbocycles. The van der Waals surface area contributed by atoms with Crippen molar-refractivity contribution in [1.82, 2.24) is 10.2 Å². The molecule has 5 heteroatoms. The number of nitrogens with zero attached hydrogens (tertiary/aromatic N) is 1. The number of aliphatic carboxylic acids is 1. The van der Waals surface area contributed by atoms with Gasteiger partial charge in [0.15, 0.2) is 0 Å². The molecule has 0 aromatic rings. The normalized spacial score (nSPS) is 32.5. The molecular weight excluding hydrogens is 256 g/mol. The van der Waals surface area contributed by atoms with E-state index in [2.05, 4.69) is 5.32 Å². The van der Waals surface area contributed by atoms with Crippen LogP contribution < -0.4 is 5.32 Å². The largest absolute Gasteiger partial charge is 0.480 e. The molecule has 0 saturated heterocycles. The number of fused-ring (bicyclic) bond motifs is 2. The highest BCUT2D eigenvalue weighted by molar-refractivity contribution is 5.80. The number of urea groups is 1. The summed E-state index contributed by atoms with van der Waals surface area (Å²) < 4.78 is 0. The van der Waals surface area contributed by atoms with Crippen LogP contribution in [0.3, 0.4) is 0 Å². The van der Waals surface area contributed by atoms with Gasteiger partial charge in [-0.05, 0) is 43.9 Å². The number of hydrogen-bond acceptors (Lipinski definition) is 2. The van der Waals surface area contributed by atoms with Gasteiger partial charge in [-0.15, -0.1) is 0 Å². The maximum atomic E-state index is 12.4. The number of carboxylic acids is 1. The molecule has 0 aromatic heterocycles. The Labute approximate surface area is 119 Å². The van der Waals surface area contributed by atoms with E-state index in [1.54, 1.807) is 4.90 Å². The van der Waals surface area contributed by atoms with Crippen LogP contribution in [0.25, 0.3) is 0 Å². The molecule has 2 amide bonds. The van der Waals surface area contributed by atoms with Crippen LogP contribution in [0.1, 0.15) is 51.4 Å². The van der Waals surface area contributed by atoms with Crippen molar-refractivity contribution in [2.24, 2.45) is 11.8 Å². The van der Waals surface area contributed by atoms with Gasteiger partial charge in [0.05, 0.1) is 0 Å². The fourth-order valence-corrected chi connectivity index (χ4v) is 4.39. The van der Waals surface area contributed by atoms with Gasteiger partial charge in [-0.1, -0.05) is 19.3 Å². The van der Waals surface area contributed by atoms with Crippen molar-refractivity contribution in [2.75, 3.05) is 6.54 Å². The van der Waals surface area contributed by atoms with Crippen LogP contribution in [0.15, 0.2) is 0 Å². The third kappa shape index (κ3) is 2.76. The average molecular weight is 280 g/mol. The molecule has 3 aliphatic rings. The Bertz CT molecular complexity index is 393. The van der Waals surface area contributed by atoms with Gasteiger partial charge in [0.2, 0.25) is 0 Å². The molecule has 5 nitrogen and oxygen atoms in total. The quantitative estimate of drug-likeness (QED) is 0.829. The molecule has 3 fully saturated rings. The maximum absolute atomic E-state index is 12.4. The van der Waals surface area contributed by atoms with E-state index >= 15 is 0 Å². The average Bonchev–Trinajstić information content (AvgIpc) is 3.12. The van der Waals surface area contributed by atoms with Crippen molar-refractivity contribution >= 4 is 12.0 Å². The molecule has 2 N–H and O–H groups in total. The molecule has 112 valence electrons. The third-order valence-corrected chi connectivity index (χ3v) is 5.38. The molecule has 0 heterocycles. The molecule has 0 spiro atoms. The molecular formula is C15H24N2O3. The second-order valence-corrected chi connectivity index (χ2v) is 6.69. The highest BCUT2D eigenvalue weighted by Crippen LogP contribution is 2.44. The SMILES string of the molecule is O=C(O)CN(C(=O)NC1CC2CCC1C2)C1CCCC1. The molecule has 3 atom stereocenters. The number of carbonyl (C=O) groups is 2. The Kier molecular flexibility index (Phi) is 3.85. The zero-order chi connectivity index (χ0) is 14.1. The summed E-state index contributed by atoms with van der Waals surface area (Å²) in [6.07, 6.45) is 8.94. The van der Waals surface area contributed by atoms with Crippen LogP contribution in [0.5, 0.6) is 0 Å². The predicted molar refractivity (Wildman–Crippen MR) is 74.4 cm³/mol. The van der Waals surface area contributed by atoms with Crippen LogP contribution in [0.2, 0.25) is 0 Å². The second kappa shape index (κ2) is 5.62. The fourth-order valence-electron chi connectivity index (χ4n) is 4.39. The number of carbonyl (C=O) groups excluding carboxylic acids is 1. The van der Waals surface area contributed by atoms with Crippen molar-refractivity contribution in [3.63, 3.8) is 0 Å². The lowest BCUT2D eigenvalue weighted by atomic mass is 9.95. The highest BCUT2D eigenvalue weighted by Gasteiger charge is 2.41. The lowest BCUT2D eigenvalue weighted by Gasteiger charge is -2.31. The second-order valence-electron chi connectivity index (χ2n) is 6.69. The van der Waals surface area contributed by atoms with Gasteiger partial charge < -0.3 is 15.3 Å². The summed E-state index contributed by atoms with van der Waals surface area (Å²) in [5.74, 6) is 0.490. The summed E-state index contributed by atoms with van der Waals surface area (Å²) in [5.41, 5.74) is 0. The number of carboxylic acid groups (broad SMARTS) is 1. The Morgan fingerprint density at radius 2 is 1.85 bits per heavy atom. The zero-order valence-corrected chi connectivity index (χ0v) is 11.9. The molecule has 3 saturated carbocycles. The third-order valence-electron chi connectivity index (χ3n) is 5.38. The van der Waals surface area contributed by atoms with E-state index < -0.39 is 5.97 Å². The van der Waals surface area contributed by atoms with Gasteiger partial charge in [0.25, 0.3) is 0 Å². The van der Waals surface area contributed by atoms with Crippen LogP contribution in [0.4, 0.5) is 4.79 Å². The minimum Gasteiger partial charge on any atom is -0.480 e. The van der Waals surface area contributed by atoms with Gasteiger partial charge in [-0.3, -0.25) is 4.79 Å². The van der Waals surface area contributed by atoms with Crippen LogP contribution in [-0.4, -0.2) is 40.6 Å². The minimum absolute atomic E-state index is 0.115. The molecule has 20 heavy (non-hydrogen) atoms. The lowest BCUT2D eigenvalue weighted by Crippen LogP contribution is -2.51. The first-order valence-electron chi connectivity index (χ1n) is 7.92. The first-order chi connectivity index (χ1) is 9.63. The minimum atomic E-state index is -0.917. The summed E-state index contributed by atoms with van der Waals surface area (Å²) >= 11 is 0. The van der Waals surface area contributed by atoms with Gasteiger partial charge >= 0.3 is 12.0 Å². The summed E-state index contributed by atoms with van der Waals surface area (Å²) in [4.78, 5) is 25.0. The van der Waals surface area contributed by atoms with Crippen molar-refractivity contribution in [3.8, 4) is 0 Å². The molecule has 3 rings (SSSR count). The molecule has 0 aliphatic heterocycles. The molecule has 0 radical (unpaired) electrons. The van der Waals surface area contributed by atoms with E-state index in [-0.39, 0.29) is 24.7 Å². The Morgan fingerprint density at radius 3 is 2.40 bits per heavy atom. The number of amides is 2. The van der Waals surface area contributed by atoms with E-state index in [1.807, 2.05) is 0 Å². The number of nitrogens with one attached hydrogen (secondary N) is 1. The van der Waals surface area contributed by atoms with Gasteiger partial charge in [0, 0.05) is 12.1 Å².